The number of carbonyl (C=O) groups is 2. The van der Waals surface area contributed by atoms with Crippen molar-refractivity contribution >= 4 is 63.7 Å². The number of hydrogen-bond donors (Lipinski definition) is 3. The fourth-order valence-electron chi connectivity index (χ4n) is 3.56. The zero-order chi connectivity index (χ0) is 29.9. The van der Waals surface area contributed by atoms with Crippen LogP contribution >= 0.6 is 34.5 Å². The van der Waals surface area contributed by atoms with Gasteiger partial charge in [-0.1, -0.05) is 30.1 Å². The third-order valence-electron chi connectivity index (χ3n) is 5.59. The van der Waals surface area contributed by atoms with E-state index in [2.05, 4.69) is 35.9 Å². The Morgan fingerprint density at radius 3 is 2.51 bits per heavy atom. The average molecular weight is 628 g/mol. The van der Waals surface area contributed by atoms with E-state index in [1.54, 1.807) is 13.8 Å². The Balaban J connectivity index is 1.49. The Bertz CT molecular complexity index is 1620. The van der Waals surface area contributed by atoms with Crippen molar-refractivity contribution < 1.29 is 27.2 Å². The molecule has 0 fully saturated rings. The predicted octanol–water partition coefficient (Wildman–Crippen LogP) is 6.84. The minimum Gasteiger partial charge on any atom is -0.343 e. The average Bonchev–Trinajstić information content (AvgIpc) is 3.42. The second-order valence-corrected chi connectivity index (χ2v) is 10.2. The zero-order valence-electron chi connectivity index (χ0n) is 21.1. The maximum Gasteiger partial charge on any atom is 0.418 e. The van der Waals surface area contributed by atoms with Gasteiger partial charge < -0.3 is 16.0 Å². The summed E-state index contributed by atoms with van der Waals surface area (Å²) in [5, 5.41) is 7.47. The molecule has 0 aliphatic carbocycles. The van der Waals surface area contributed by atoms with E-state index in [4.69, 9.17) is 23.2 Å². The number of anilines is 3. The largest absolute Gasteiger partial charge is 0.418 e. The number of thiazole rings is 1. The second-order valence-electron chi connectivity index (χ2n) is 8.40. The van der Waals surface area contributed by atoms with E-state index in [1.807, 2.05) is 0 Å². The first kappa shape index (κ1) is 30.1. The van der Waals surface area contributed by atoms with Crippen LogP contribution in [0.4, 0.5) is 34.9 Å². The Kier molecular flexibility index (Phi) is 9.05. The minimum absolute atomic E-state index is 0.0166. The quantitative estimate of drug-likeness (QED) is 0.144. The summed E-state index contributed by atoms with van der Waals surface area (Å²) in [5.74, 6) is -2.40. The number of nitrogens with zero attached hydrogens (tertiary/aromatic N) is 4. The Morgan fingerprint density at radius 2 is 1.83 bits per heavy atom. The number of hydrogen-bond acceptors (Lipinski definition) is 8. The molecule has 0 saturated carbocycles. The van der Waals surface area contributed by atoms with Gasteiger partial charge in [-0.25, -0.2) is 19.9 Å². The standard InChI is InChI=1S/C25H19Cl2F4N7O2S/c1-3-12-8-34-21(37-15-5-4-6-32-20(15)28)19(27)18(12)23(40)36-11(2)24-35-10-16(41-24)22(39)38-17-7-13(25(29,30)31)14(26)9-33-17/h4-11H,3H2,1-2H3,(H,34,37)(H,36,40)(H,33,38,39). The fraction of sp³-hybridized carbons (Fsp3) is 0.200. The van der Waals surface area contributed by atoms with Gasteiger partial charge in [0.2, 0.25) is 5.95 Å². The molecule has 0 spiro atoms. The zero-order valence-corrected chi connectivity index (χ0v) is 23.4. The number of halogens is 6. The molecule has 4 aromatic rings. The highest BCUT2D eigenvalue weighted by molar-refractivity contribution is 7.13. The lowest BCUT2D eigenvalue weighted by Crippen LogP contribution is -2.28. The molecule has 4 heterocycles. The van der Waals surface area contributed by atoms with Crippen LogP contribution in [-0.4, -0.2) is 31.8 Å². The molecule has 4 rings (SSSR count). The third kappa shape index (κ3) is 6.89. The first-order valence-electron chi connectivity index (χ1n) is 11.7. The summed E-state index contributed by atoms with van der Waals surface area (Å²) in [7, 11) is 0. The summed E-state index contributed by atoms with van der Waals surface area (Å²) < 4.78 is 53.4. The van der Waals surface area contributed by atoms with Crippen molar-refractivity contribution in [2.75, 3.05) is 10.6 Å². The lowest BCUT2D eigenvalue weighted by Gasteiger charge is -2.17. The van der Waals surface area contributed by atoms with Crippen LogP contribution < -0.4 is 16.0 Å². The van der Waals surface area contributed by atoms with Gasteiger partial charge >= 0.3 is 6.18 Å². The van der Waals surface area contributed by atoms with Gasteiger partial charge in [-0.3, -0.25) is 9.59 Å². The van der Waals surface area contributed by atoms with Crippen LogP contribution in [0, 0.1) is 5.95 Å². The van der Waals surface area contributed by atoms with Gasteiger partial charge in [0.1, 0.15) is 21.5 Å². The van der Waals surface area contributed by atoms with Crippen LogP contribution in [0.5, 0.6) is 0 Å². The lowest BCUT2D eigenvalue weighted by molar-refractivity contribution is -0.137. The molecule has 4 aromatic heterocycles. The maximum atomic E-state index is 14.0. The highest BCUT2D eigenvalue weighted by Crippen LogP contribution is 2.35. The topological polar surface area (TPSA) is 122 Å². The van der Waals surface area contributed by atoms with E-state index >= 15 is 0 Å². The number of nitrogens with one attached hydrogen (secondary N) is 3. The van der Waals surface area contributed by atoms with Crippen molar-refractivity contribution in [3.05, 3.63) is 85.6 Å². The number of aromatic nitrogens is 4. The van der Waals surface area contributed by atoms with Crippen molar-refractivity contribution in [2.24, 2.45) is 0 Å². The normalized spacial score (nSPS) is 12.1. The van der Waals surface area contributed by atoms with E-state index < -0.39 is 40.6 Å². The predicted molar refractivity (Wildman–Crippen MR) is 146 cm³/mol. The SMILES string of the molecule is CCc1cnc(Nc2cccnc2F)c(Cl)c1C(=O)NC(C)c1ncc(C(=O)Nc2cc(C(F)(F)F)c(Cl)cn2)s1. The lowest BCUT2D eigenvalue weighted by atomic mass is 10.1. The van der Waals surface area contributed by atoms with E-state index in [-0.39, 0.29) is 32.8 Å². The van der Waals surface area contributed by atoms with Gasteiger partial charge in [0.15, 0.2) is 0 Å². The van der Waals surface area contributed by atoms with E-state index in [0.717, 1.165) is 17.5 Å². The highest BCUT2D eigenvalue weighted by atomic mass is 35.5. The van der Waals surface area contributed by atoms with Gasteiger partial charge in [-0.05, 0) is 37.1 Å². The molecular formula is C25H19Cl2F4N7O2S. The summed E-state index contributed by atoms with van der Waals surface area (Å²) in [6.45, 7) is 3.43. The first-order chi connectivity index (χ1) is 19.4. The molecule has 3 N–H and O–H groups in total. The van der Waals surface area contributed by atoms with Crippen molar-refractivity contribution in [1.29, 1.82) is 0 Å². The smallest absolute Gasteiger partial charge is 0.343 e. The maximum absolute atomic E-state index is 14.0. The molecule has 0 radical (unpaired) electrons. The molecule has 0 saturated heterocycles. The van der Waals surface area contributed by atoms with Crippen molar-refractivity contribution in [2.45, 2.75) is 32.5 Å². The molecule has 41 heavy (non-hydrogen) atoms. The fourth-order valence-corrected chi connectivity index (χ4v) is 4.89. The second kappa shape index (κ2) is 12.3. The first-order valence-corrected chi connectivity index (χ1v) is 13.3. The molecule has 2 amide bonds. The van der Waals surface area contributed by atoms with Gasteiger partial charge in [0.25, 0.3) is 11.8 Å². The van der Waals surface area contributed by atoms with Crippen LogP contribution in [0.15, 0.2) is 43.0 Å². The molecule has 1 atom stereocenters. The number of carbonyl (C=O) groups excluding carboxylic acids is 2. The van der Waals surface area contributed by atoms with E-state index in [9.17, 15) is 27.2 Å². The van der Waals surface area contributed by atoms with E-state index in [1.165, 1.54) is 30.7 Å². The van der Waals surface area contributed by atoms with Crippen LogP contribution in [0.25, 0.3) is 0 Å². The van der Waals surface area contributed by atoms with Gasteiger partial charge in [0, 0.05) is 18.6 Å². The minimum atomic E-state index is -4.73. The molecule has 0 aliphatic heterocycles. The number of alkyl halides is 3. The van der Waals surface area contributed by atoms with Crippen molar-refractivity contribution in [3.8, 4) is 0 Å². The molecular weight excluding hydrogens is 609 g/mol. The Hall–Kier alpha value is -3.88. The van der Waals surface area contributed by atoms with Gasteiger partial charge in [0.05, 0.1) is 39.1 Å². The van der Waals surface area contributed by atoms with Crippen LogP contribution in [0.3, 0.4) is 0 Å². The molecule has 0 aliphatic rings. The Labute approximate surface area is 244 Å². The van der Waals surface area contributed by atoms with Gasteiger partial charge in [-0.15, -0.1) is 11.3 Å². The highest BCUT2D eigenvalue weighted by Gasteiger charge is 2.34. The molecule has 0 bridgehead atoms. The van der Waals surface area contributed by atoms with Crippen LogP contribution in [0.1, 0.15) is 56.1 Å². The van der Waals surface area contributed by atoms with E-state index in [0.29, 0.717) is 23.1 Å². The van der Waals surface area contributed by atoms with Crippen LogP contribution in [-0.2, 0) is 12.6 Å². The summed E-state index contributed by atoms with van der Waals surface area (Å²) in [5.41, 5.74) is -0.477. The summed E-state index contributed by atoms with van der Waals surface area (Å²) in [6, 6.07) is 2.88. The number of rotatable bonds is 8. The third-order valence-corrected chi connectivity index (χ3v) is 7.43. The van der Waals surface area contributed by atoms with Crippen molar-refractivity contribution in [3.63, 3.8) is 0 Å². The molecule has 0 aromatic carbocycles. The summed E-state index contributed by atoms with van der Waals surface area (Å²) >= 11 is 13.0. The number of pyridine rings is 3. The molecule has 9 nitrogen and oxygen atoms in total. The van der Waals surface area contributed by atoms with Crippen molar-refractivity contribution in [1.82, 2.24) is 25.3 Å². The van der Waals surface area contributed by atoms with Crippen LogP contribution in [0.2, 0.25) is 10.0 Å². The molecule has 16 heteroatoms. The molecule has 1 unspecified atom stereocenters. The Morgan fingerprint density at radius 1 is 1.07 bits per heavy atom. The molecule has 214 valence electrons. The monoisotopic (exact) mass is 627 g/mol. The number of amides is 2. The summed E-state index contributed by atoms with van der Waals surface area (Å²) in [4.78, 5) is 41.6. The number of aryl methyl sites for hydroxylation is 1. The van der Waals surface area contributed by atoms with Gasteiger partial charge in [-0.2, -0.15) is 17.6 Å². The summed E-state index contributed by atoms with van der Waals surface area (Å²) in [6.07, 6.45) is 0.428.